The maximum Gasteiger partial charge on any atom is 0.115 e. The van der Waals surface area contributed by atoms with Crippen LogP contribution in [0.3, 0.4) is 0 Å². The van der Waals surface area contributed by atoms with Crippen LogP contribution >= 0.6 is 14.5 Å². The largest absolute Gasteiger partial charge is 0.115 e. The topological polar surface area (TPSA) is 0 Å². The Labute approximate surface area is 256 Å². The standard InChI is InChI=1S/C38H34P2.Ni/c1-7-19-33(20-8-1)39(34-21-9-2-10-22-34,35-23-11-3-12-24-35)31-32-40(36-25-13-4-14-26-36,37-27-15-5-16-28-37)38-29-17-6-18-30-38;/h1-30H,31-32H2;/q+2;. The molecule has 0 N–H and O–H groups in total. The number of rotatable bonds is 9. The average molecular weight is 611 g/mol. The summed E-state index contributed by atoms with van der Waals surface area (Å²) < 4.78 is 0. The third-order valence-electron chi connectivity index (χ3n) is 7.95. The van der Waals surface area contributed by atoms with Gasteiger partial charge in [-0.1, -0.05) is 109 Å². The van der Waals surface area contributed by atoms with Crippen molar-refractivity contribution in [2.24, 2.45) is 0 Å². The summed E-state index contributed by atoms with van der Waals surface area (Å²) in [4.78, 5) is 0. The third-order valence-corrected chi connectivity index (χ3v) is 17.2. The Morgan fingerprint density at radius 2 is 0.390 bits per heavy atom. The molecule has 0 fully saturated rings. The van der Waals surface area contributed by atoms with E-state index in [4.69, 9.17) is 0 Å². The van der Waals surface area contributed by atoms with E-state index in [0.717, 1.165) is 12.3 Å². The van der Waals surface area contributed by atoms with Crippen molar-refractivity contribution in [3.8, 4) is 0 Å². The van der Waals surface area contributed by atoms with E-state index in [9.17, 15) is 0 Å². The van der Waals surface area contributed by atoms with Gasteiger partial charge in [-0.15, -0.1) is 0 Å². The van der Waals surface area contributed by atoms with Gasteiger partial charge < -0.3 is 0 Å². The van der Waals surface area contributed by atoms with E-state index >= 15 is 0 Å². The van der Waals surface area contributed by atoms with Gasteiger partial charge in [0.25, 0.3) is 0 Å². The maximum atomic E-state index is 2.36. The summed E-state index contributed by atoms with van der Waals surface area (Å²) in [5.74, 6) is 0. The van der Waals surface area contributed by atoms with Crippen LogP contribution in [0.5, 0.6) is 0 Å². The molecule has 0 saturated carbocycles. The van der Waals surface area contributed by atoms with Gasteiger partial charge in [-0.2, -0.15) is 0 Å². The first-order chi connectivity index (χ1) is 19.8. The molecule has 6 aromatic rings. The molecule has 6 aromatic carbocycles. The van der Waals surface area contributed by atoms with Gasteiger partial charge >= 0.3 is 0 Å². The minimum absolute atomic E-state index is 0. The van der Waals surface area contributed by atoms with Crippen LogP contribution in [0.25, 0.3) is 0 Å². The van der Waals surface area contributed by atoms with E-state index in [-0.39, 0.29) is 16.5 Å². The Morgan fingerprint density at radius 1 is 0.244 bits per heavy atom. The third kappa shape index (κ3) is 5.74. The molecule has 0 amide bonds. The molecule has 0 nitrogen and oxygen atoms in total. The van der Waals surface area contributed by atoms with Crippen LogP contribution in [0.1, 0.15) is 0 Å². The quantitative estimate of drug-likeness (QED) is 0.122. The molecule has 3 heteroatoms. The Morgan fingerprint density at radius 3 is 0.537 bits per heavy atom. The molecule has 0 spiro atoms. The smallest absolute Gasteiger partial charge is 0.0620 e. The molecule has 0 radical (unpaired) electrons. The normalized spacial score (nSPS) is 11.4. The van der Waals surface area contributed by atoms with Crippen molar-refractivity contribution in [2.45, 2.75) is 0 Å². The Balaban J connectivity index is 0.00000337. The summed E-state index contributed by atoms with van der Waals surface area (Å²) in [5.41, 5.74) is 0. The maximum absolute atomic E-state index is 2.36. The summed E-state index contributed by atoms with van der Waals surface area (Å²) in [6.45, 7) is 0. The second kappa shape index (κ2) is 13.6. The van der Waals surface area contributed by atoms with E-state index in [2.05, 4.69) is 182 Å². The van der Waals surface area contributed by atoms with Gasteiger partial charge in [0.05, 0.1) is 0 Å². The minimum atomic E-state index is -1.98. The summed E-state index contributed by atoms with van der Waals surface area (Å²) in [7, 11) is -3.97. The SMILES string of the molecule is [Ni].c1ccc([P+](CC[P+](c2ccccc2)(c2ccccc2)c2ccccc2)(c2ccccc2)c2ccccc2)cc1. The average Bonchev–Trinajstić information content (AvgIpc) is 3.06. The van der Waals surface area contributed by atoms with Crippen molar-refractivity contribution in [3.63, 3.8) is 0 Å². The molecule has 0 unspecified atom stereocenters. The van der Waals surface area contributed by atoms with Crippen LogP contribution in [-0.4, -0.2) is 12.3 Å². The zero-order chi connectivity index (χ0) is 27.1. The first-order valence-corrected chi connectivity index (χ1v) is 17.9. The van der Waals surface area contributed by atoms with Crippen molar-refractivity contribution >= 4 is 46.4 Å². The fourth-order valence-electron chi connectivity index (χ4n) is 6.06. The molecule has 0 bridgehead atoms. The first kappa shape index (κ1) is 29.2. The van der Waals surface area contributed by atoms with E-state index in [1.807, 2.05) is 0 Å². The molecule has 204 valence electrons. The zero-order valence-electron chi connectivity index (χ0n) is 22.9. The molecule has 0 aliphatic carbocycles. The van der Waals surface area contributed by atoms with Crippen LogP contribution in [0.15, 0.2) is 182 Å². The zero-order valence-corrected chi connectivity index (χ0v) is 25.7. The number of benzene rings is 6. The molecule has 0 aliphatic rings. The second-order valence-corrected chi connectivity index (χ2v) is 17.3. The van der Waals surface area contributed by atoms with Crippen LogP contribution < -0.4 is 31.8 Å². The molecule has 41 heavy (non-hydrogen) atoms. The number of hydrogen-bond acceptors (Lipinski definition) is 0. The van der Waals surface area contributed by atoms with Crippen LogP contribution in [0, 0.1) is 0 Å². The first-order valence-electron chi connectivity index (χ1n) is 13.9. The van der Waals surface area contributed by atoms with Gasteiger partial charge in [0.1, 0.15) is 58.7 Å². The fourth-order valence-corrected chi connectivity index (χ4v) is 15.9. The van der Waals surface area contributed by atoms with Gasteiger partial charge in [0.2, 0.25) is 0 Å². The minimum Gasteiger partial charge on any atom is -0.0620 e. The van der Waals surface area contributed by atoms with Gasteiger partial charge in [-0.25, -0.2) is 0 Å². The fraction of sp³-hybridized carbons (Fsp3) is 0.0526. The molecular weight excluding hydrogens is 577 g/mol. The van der Waals surface area contributed by atoms with Crippen molar-refractivity contribution in [3.05, 3.63) is 182 Å². The van der Waals surface area contributed by atoms with Crippen LogP contribution in [-0.2, 0) is 16.5 Å². The van der Waals surface area contributed by atoms with Crippen molar-refractivity contribution in [2.75, 3.05) is 12.3 Å². The van der Waals surface area contributed by atoms with E-state index in [1.165, 1.54) is 31.8 Å². The molecule has 0 aromatic heterocycles. The van der Waals surface area contributed by atoms with Crippen molar-refractivity contribution < 1.29 is 16.5 Å². The molecule has 0 saturated heterocycles. The predicted octanol–water partition coefficient (Wildman–Crippen LogP) is 6.97. The Hall–Kier alpha value is -3.33. The van der Waals surface area contributed by atoms with Crippen molar-refractivity contribution in [1.29, 1.82) is 0 Å². The molecule has 0 heterocycles. The van der Waals surface area contributed by atoms with Gasteiger partial charge in [0.15, 0.2) is 0 Å². The summed E-state index contributed by atoms with van der Waals surface area (Å²) in [6, 6.07) is 67.8. The Bertz CT molecular complexity index is 1290. The van der Waals surface area contributed by atoms with Gasteiger partial charge in [0, 0.05) is 16.5 Å². The van der Waals surface area contributed by atoms with E-state index in [1.54, 1.807) is 0 Å². The summed E-state index contributed by atoms with van der Waals surface area (Å²) >= 11 is 0. The molecular formula is C38H34NiP2+2. The Kier molecular flexibility index (Phi) is 9.65. The summed E-state index contributed by atoms with van der Waals surface area (Å²) in [5, 5.41) is 8.66. The van der Waals surface area contributed by atoms with E-state index < -0.39 is 14.5 Å². The van der Waals surface area contributed by atoms with Crippen LogP contribution in [0.4, 0.5) is 0 Å². The molecule has 6 rings (SSSR count). The molecule has 0 aliphatic heterocycles. The van der Waals surface area contributed by atoms with Gasteiger partial charge in [-0.3, -0.25) is 0 Å². The monoisotopic (exact) mass is 610 g/mol. The van der Waals surface area contributed by atoms with Crippen LogP contribution in [0.2, 0.25) is 0 Å². The van der Waals surface area contributed by atoms with Crippen molar-refractivity contribution in [1.82, 2.24) is 0 Å². The second-order valence-electron chi connectivity index (χ2n) is 10.1. The summed E-state index contributed by atoms with van der Waals surface area (Å²) in [6.07, 6.45) is 2.16. The predicted molar refractivity (Wildman–Crippen MR) is 180 cm³/mol. The van der Waals surface area contributed by atoms with E-state index in [0.29, 0.717) is 0 Å². The number of hydrogen-bond donors (Lipinski definition) is 0. The van der Waals surface area contributed by atoms with Gasteiger partial charge in [-0.05, 0) is 72.8 Å². The molecule has 0 atom stereocenters.